The number of halogens is 10. The number of hydrogen-bond acceptors (Lipinski definition) is 11. The second kappa shape index (κ2) is 24.5. The van der Waals surface area contributed by atoms with Crippen molar-refractivity contribution < 1.29 is 72.5 Å². The number of carboxylic acids is 1. The minimum Gasteiger partial charge on any atom is -0.476 e. The fourth-order valence-electron chi connectivity index (χ4n) is 4.30. The Morgan fingerprint density at radius 3 is 1.40 bits per heavy atom. The van der Waals surface area contributed by atoms with E-state index >= 15 is 0 Å². The molecule has 0 bridgehead atoms. The number of allylic oxidation sites excluding steroid dienone is 2. The van der Waals surface area contributed by atoms with E-state index in [2.05, 4.69) is 29.9 Å². The summed E-state index contributed by atoms with van der Waals surface area (Å²) in [5, 5.41) is 16.4. The van der Waals surface area contributed by atoms with Gasteiger partial charge in [-0.2, -0.15) is 26.3 Å². The fourth-order valence-corrected chi connectivity index (χ4v) is 7.87. The fraction of sp³-hybridized carbons (Fsp3) is 0.333. The molecule has 65 heavy (non-hydrogen) atoms. The van der Waals surface area contributed by atoms with E-state index in [0.717, 1.165) is 55.9 Å². The SMILES string of the molecule is CC(C)(C)O.CC=C(C)C.COCN(c1cc(Cl)cnc1C(=O)O)S(=O)(=O)c1ccc(Cl)c(C(F)(F)F)c1.COCN(c1cc(Cl)cnc1C=O)S(=O)(=O)c1ccc(Cl)c(C(F)(F)F)c1. The first-order valence-electron chi connectivity index (χ1n) is 17.8. The number of sulfonamides is 2. The van der Waals surface area contributed by atoms with Gasteiger partial charge in [0, 0.05) is 26.6 Å². The van der Waals surface area contributed by atoms with Crippen LogP contribution in [-0.2, 0) is 41.9 Å². The number of rotatable bonds is 12. The average molecular weight is 1050 g/mol. The van der Waals surface area contributed by atoms with Crippen LogP contribution in [0.25, 0.3) is 0 Å². The second-order valence-electron chi connectivity index (χ2n) is 13.9. The monoisotopic (exact) mass is 1040 g/mol. The molecule has 0 aliphatic rings. The van der Waals surface area contributed by atoms with Crippen molar-refractivity contribution >= 4 is 90.1 Å². The van der Waals surface area contributed by atoms with Crippen LogP contribution in [0.15, 0.2) is 82.4 Å². The maximum atomic E-state index is 13.1. The third kappa shape index (κ3) is 17.8. The van der Waals surface area contributed by atoms with E-state index in [4.69, 9.17) is 61.0 Å². The van der Waals surface area contributed by atoms with Gasteiger partial charge >= 0.3 is 18.3 Å². The number of hydrogen-bond donors (Lipinski definition) is 2. The number of carboxylic acid groups (broad SMARTS) is 1. The van der Waals surface area contributed by atoms with Crippen molar-refractivity contribution in [3.8, 4) is 0 Å². The Morgan fingerprint density at radius 2 is 1.08 bits per heavy atom. The lowest BCUT2D eigenvalue weighted by atomic mass is 10.2. The zero-order valence-electron chi connectivity index (χ0n) is 35.4. The molecule has 2 heterocycles. The van der Waals surface area contributed by atoms with Gasteiger partial charge in [-0.05, 0) is 90.1 Å². The summed E-state index contributed by atoms with van der Waals surface area (Å²) in [7, 11) is -6.99. The molecule has 26 heteroatoms. The van der Waals surface area contributed by atoms with Gasteiger partial charge in [0.1, 0.15) is 19.2 Å². The Bertz CT molecular complexity index is 2530. The van der Waals surface area contributed by atoms with E-state index in [1.807, 2.05) is 6.92 Å². The van der Waals surface area contributed by atoms with Gasteiger partial charge in [-0.15, -0.1) is 0 Å². The average Bonchev–Trinajstić information content (AvgIpc) is 3.17. The summed E-state index contributed by atoms with van der Waals surface area (Å²) in [6, 6.07) is 6.24. The molecule has 14 nitrogen and oxygen atoms in total. The number of aromatic nitrogens is 2. The van der Waals surface area contributed by atoms with Gasteiger partial charge in [-0.1, -0.05) is 58.1 Å². The van der Waals surface area contributed by atoms with Crippen LogP contribution in [0, 0.1) is 0 Å². The molecule has 0 aliphatic carbocycles. The van der Waals surface area contributed by atoms with E-state index in [9.17, 15) is 57.9 Å². The van der Waals surface area contributed by atoms with Gasteiger partial charge in [0.15, 0.2) is 12.0 Å². The third-order valence-corrected chi connectivity index (χ3v) is 11.8. The van der Waals surface area contributed by atoms with Crippen molar-refractivity contribution in [2.75, 3.05) is 36.3 Å². The lowest BCUT2D eigenvalue weighted by molar-refractivity contribution is -0.138. The lowest BCUT2D eigenvalue weighted by Crippen LogP contribution is -2.34. The van der Waals surface area contributed by atoms with Crippen LogP contribution < -0.4 is 8.61 Å². The Morgan fingerprint density at radius 1 is 0.723 bits per heavy atom. The van der Waals surface area contributed by atoms with Crippen molar-refractivity contribution in [3.63, 3.8) is 0 Å². The van der Waals surface area contributed by atoms with Crippen molar-refractivity contribution in [2.24, 2.45) is 0 Å². The molecule has 0 unspecified atom stereocenters. The maximum absolute atomic E-state index is 13.1. The van der Waals surface area contributed by atoms with Crippen LogP contribution in [0.1, 0.15) is 73.6 Å². The van der Waals surface area contributed by atoms with Crippen molar-refractivity contribution in [2.45, 2.75) is 69.3 Å². The van der Waals surface area contributed by atoms with E-state index < -0.39 is 99.8 Å². The third-order valence-electron chi connectivity index (χ3n) is 7.28. The smallest absolute Gasteiger partial charge is 0.417 e. The highest BCUT2D eigenvalue weighted by molar-refractivity contribution is 7.93. The summed E-state index contributed by atoms with van der Waals surface area (Å²) in [5.74, 6) is -1.57. The number of benzene rings is 2. The quantitative estimate of drug-likeness (QED) is 0.0591. The number of anilines is 2. The Balaban J connectivity index is 0.000000538. The summed E-state index contributed by atoms with van der Waals surface area (Å²) in [4.78, 5) is 28.4. The van der Waals surface area contributed by atoms with Gasteiger partial charge in [0.05, 0.1) is 58.0 Å². The predicted molar refractivity (Wildman–Crippen MR) is 234 cm³/mol. The number of methoxy groups -OCH3 is 2. The molecule has 0 radical (unpaired) electrons. The second-order valence-corrected chi connectivity index (χ2v) is 19.3. The Hall–Kier alpha value is -4.26. The van der Waals surface area contributed by atoms with Gasteiger partial charge in [-0.25, -0.2) is 40.2 Å². The van der Waals surface area contributed by atoms with Crippen LogP contribution in [-0.4, -0.2) is 82.6 Å². The van der Waals surface area contributed by atoms with E-state index in [-0.39, 0.29) is 27.7 Å². The molecule has 0 amide bonds. The summed E-state index contributed by atoms with van der Waals surface area (Å²) in [6.45, 7) is 10.1. The molecule has 2 N–H and O–H groups in total. The molecule has 0 saturated carbocycles. The molecule has 0 fully saturated rings. The molecule has 2 aromatic heterocycles. The minimum atomic E-state index is -4.90. The Kier molecular flexibility index (Phi) is 22.1. The van der Waals surface area contributed by atoms with Gasteiger partial charge in [-0.3, -0.25) is 4.79 Å². The maximum Gasteiger partial charge on any atom is 0.417 e. The van der Waals surface area contributed by atoms with E-state index in [1.54, 1.807) is 20.8 Å². The number of carbonyl (C=O) groups is 2. The molecule has 2 aromatic carbocycles. The highest BCUT2D eigenvalue weighted by Gasteiger charge is 2.38. The largest absolute Gasteiger partial charge is 0.476 e. The normalized spacial score (nSPS) is 11.7. The number of aromatic carboxylic acids is 1. The van der Waals surface area contributed by atoms with Gasteiger partial charge < -0.3 is 19.7 Å². The van der Waals surface area contributed by atoms with Crippen molar-refractivity contribution in [3.05, 3.63) is 115 Å². The van der Waals surface area contributed by atoms with Gasteiger partial charge in [0.2, 0.25) is 0 Å². The summed E-state index contributed by atoms with van der Waals surface area (Å²) >= 11 is 22.6. The molecule has 0 spiro atoms. The molecule has 0 aliphatic heterocycles. The standard InChI is InChI=1S/C15H11Cl2F3N2O5S.C15H11Cl2F3N2O4S.C5H10.C4H10O/c1-27-7-22(12-4-8(16)6-21-13(12)14(23)24)28(25,26)9-2-3-11(17)10(5-9)15(18,19)20;1-26-8-22(14-4-9(16)6-21-13(14)7-23)27(24,25)10-2-3-12(17)11(5-10)15(18,19)20;1-4-5(2)3;1-4(2,3)5/h2-6H,7H2,1H3,(H,23,24);2-7H,8H2,1H3;4H,1-3H3;5H,1-3H3. The van der Waals surface area contributed by atoms with Gasteiger partial charge in [0.25, 0.3) is 20.0 Å². The zero-order valence-corrected chi connectivity index (χ0v) is 40.0. The molecule has 0 saturated heterocycles. The number of carbonyl (C=O) groups excluding carboxylic acids is 1. The molecule has 4 aromatic rings. The highest BCUT2D eigenvalue weighted by Crippen LogP contribution is 2.39. The van der Waals surface area contributed by atoms with Crippen LogP contribution in [0.3, 0.4) is 0 Å². The van der Waals surface area contributed by atoms with Crippen molar-refractivity contribution in [1.29, 1.82) is 0 Å². The van der Waals surface area contributed by atoms with Crippen molar-refractivity contribution in [1.82, 2.24) is 9.97 Å². The van der Waals surface area contributed by atoms with Crippen LogP contribution in [0.5, 0.6) is 0 Å². The van der Waals surface area contributed by atoms with Crippen LogP contribution in [0.2, 0.25) is 20.1 Å². The Labute approximate surface area is 391 Å². The lowest BCUT2D eigenvalue weighted by Gasteiger charge is -2.25. The topological polar surface area (TPSA) is 194 Å². The first kappa shape index (κ1) is 58.8. The highest BCUT2D eigenvalue weighted by atomic mass is 35.5. The zero-order chi connectivity index (χ0) is 50.5. The summed E-state index contributed by atoms with van der Waals surface area (Å²) in [6.07, 6.45) is -5.29. The molecule has 0 atom stereocenters. The molecular weight excluding hydrogens is 1000 g/mol. The molecule has 4 rings (SSSR count). The van der Waals surface area contributed by atoms with Crippen LogP contribution in [0.4, 0.5) is 37.7 Å². The number of alkyl halides is 6. The molecule has 360 valence electrons. The first-order valence-corrected chi connectivity index (χ1v) is 22.2. The number of pyridine rings is 2. The number of ether oxygens (including phenoxy) is 2. The molecular formula is C39H42Cl4F6N4O10S2. The van der Waals surface area contributed by atoms with E-state index in [1.165, 1.54) is 12.7 Å². The summed E-state index contributed by atoms with van der Waals surface area (Å²) in [5.41, 5.74) is -3.50. The number of aldehydes is 1. The van der Waals surface area contributed by atoms with Crippen LogP contribution >= 0.6 is 46.4 Å². The predicted octanol–water partition coefficient (Wildman–Crippen LogP) is 10.7. The number of aliphatic hydroxyl groups is 1. The van der Waals surface area contributed by atoms with E-state index in [0.29, 0.717) is 20.7 Å². The number of nitrogens with zero attached hydrogens (tertiary/aromatic N) is 4. The first-order chi connectivity index (χ1) is 29.7. The summed E-state index contributed by atoms with van der Waals surface area (Å²) < 4.78 is 141. The minimum absolute atomic E-state index is 0.0130.